The Kier molecular flexibility index (Phi) is 9.76. The SMILES string of the molecule is CC1(C)c2ccccc2-c2cc3c4ccccc4n(-c4nc(-c5cccc(-c6ccc7c(c6)-c6cc8c9ccccc9n(-c9nc%10ccccc%10nc9-c9ccccc9)c8cc6C7(C)C)c5)nc(-c5cccc6c5oc5ccccc56)n4)c3cc21. The topological polar surface area (TPSA) is 87.5 Å². The molecule has 8 nitrogen and oxygen atoms in total. The molecule has 0 spiro atoms. The molecule has 11 aromatic carbocycles. The zero-order chi connectivity index (χ0) is 56.4. The first kappa shape index (κ1) is 47.8. The Morgan fingerprint density at radius 3 is 1.64 bits per heavy atom. The molecule has 2 aliphatic rings. The fourth-order valence-corrected chi connectivity index (χ4v) is 14.4. The highest BCUT2D eigenvalue weighted by molar-refractivity contribution is 6.14. The van der Waals surface area contributed by atoms with E-state index in [1.165, 1.54) is 49.9 Å². The summed E-state index contributed by atoms with van der Waals surface area (Å²) in [5.74, 6) is 2.44. The van der Waals surface area contributed by atoms with Crippen LogP contribution in [0.2, 0.25) is 0 Å². The summed E-state index contributed by atoms with van der Waals surface area (Å²) in [6.45, 7) is 9.38. The molecule has 8 heteroatoms. The van der Waals surface area contributed by atoms with Crippen LogP contribution in [-0.2, 0) is 10.8 Å². The van der Waals surface area contributed by atoms with Crippen molar-refractivity contribution in [3.8, 4) is 79.2 Å². The maximum atomic E-state index is 6.70. The van der Waals surface area contributed by atoms with Crippen molar-refractivity contribution < 1.29 is 4.42 Å². The van der Waals surface area contributed by atoms with Crippen LogP contribution in [0.4, 0.5) is 0 Å². The summed E-state index contributed by atoms with van der Waals surface area (Å²) < 4.78 is 11.3. The van der Waals surface area contributed by atoms with Crippen LogP contribution in [0.5, 0.6) is 0 Å². The molecule has 0 aliphatic heterocycles. The fraction of sp³-hybridized carbons (Fsp3) is 0.0779. The van der Waals surface area contributed by atoms with Crippen molar-refractivity contribution in [2.45, 2.75) is 38.5 Å². The van der Waals surface area contributed by atoms with E-state index >= 15 is 0 Å². The molecule has 0 radical (unpaired) electrons. The minimum absolute atomic E-state index is 0.211. The van der Waals surface area contributed by atoms with Crippen molar-refractivity contribution >= 4 is 76.6 Å². The molecule has 2 aliphatic carbocycles. The Hall–Kier alpha value is -10.8. The summed E-state index contributed by atoms with van der Waals surface area (Å²) >= 11 is 0. The second kappa shape index (κ2) is 17.4. The molecule has 0 N–H and O–H groups in total. The molecule has 16 aromatic rings. The number of benzene rings is 11. The first-order valence-electron chi connectivity index (χ1n) is 29.1. The molecule has 0 atom stereocenters. The summed E-state index contributed by atoms with van der Waals surface area (Å²) in [7, 11) is 0. The lowest BCUT2D eigenvalue weighted by Gasteiger charge is -2.22. The van der Waals surface area contributed by atoms with Gasteiger partial charge in [-0.25, -0.2) is 15.0 Å². The van der Waals surface area contributed by atoms with E-state index in [-0.39, 0.29) is 10.8 Å². The minimum Gasteiger partial charge on any atom is -0.455 e. The molecule has 0 saturated carbocycles. The van der Waals surface area contributed by atoms with Crippen molar-refractivity contribution in [3.63, 3.8) is 0 Å². The fourth-order valence-electron chi connectivity index (χ4n) is 14.4. The first-order chi connectivity index (χ1) is 41.6. The number of aromatic nitrogens is 7. The van der Waals surface area contributed by atoms with Gasteiger partial charge in [-0.1, -0.05) is 191 Å². The van der Waals surface area contributed by atoms with Crippen molar-refractivity contribution in [1.29, 1.82) is 0 Å². The second-order valence-electron chi connectivity index (χ2n) is 24.0. The van der Waals surface area contributed by atoms with E-state index in [0.29, 0.717) is 17.6 Å². The van der Waals surface area contributed by atoms with Crippen LogP contribution in [0.15, 0.2) is 241 Å². The normalized spacial score (nSPS) is 13.8. The largest absolute Gasteiger partial charge is 0.455 e. The molecule has 5 heterocycles. The maximum absolute atomic E-state index is 6.70. The summed E-state index contributed by atoms with van der Waals surface area (Å²) in [5.41, 5.74) is 22.9. The van der Waals surface area contributed by atoms with Gasteiger partial charge in [-0.05, 0) is 128 Å². The van der Waals surface area contributed by atoms with Gasteiger partial charge in [0.25, 0.3) is 0 Å². The summed E-state index contributed by atoms with van der Waals surface area (Å²) in [5, 5.41) is 6.67. The van der Waals surface area contributed by atoms with Crippen LogP contribution >= 0.6 is 0 Å². The van der Waals surface area contributed by atoms with Gasteiger partial charge in [0.05, 0.1) is 38.7 Å². The Labute approximate surface area is 489 Å². The van der Waals surface area contributed by atoms with E-state index in [9.17, 15) is 0 Å². The van der Waals surface area contributed by atoms with Crippen molar-refractivity contribution in [1.82, 2.24) is 34.1 Å². The minimum atomic E-state index is -0.301. The lowest BCUT2D eigenvalue weighted by atomic mass is 9.82. The summed E-state index contributed by atoms with van der Waals surface area (Å²) in [6.07, 6.45) is 0. The van der Waals surface area contributed by atoms with E-state index in [0.717, 1.165) is 111 Å². The molecule has 85 heavy (non-hydrogen) atoms. The van der Waals surface area contributed by atoms with Gasteiger partial charge in [-0.15, -0.1) is 0 Å². The van der Waals surface area contributed by atoms with Gasteiger partial charge in [0.1, 0.15) is 16.9 Å². The Morgan fingerprint density at radius 1 is 0.318 bits per heavy atom. The zero-order valence-electron chi connectivity index (χ0n) is 47.1. The molecular formula is C77H51N7O. The highest BCUT2D eigenvalue weighted by Gasteiger charge is 2.38. The van der Waals surface area contributed by atoms with Crippen LogP contribution < -0.4 is 0 Å². The van der Waals surface area contributed by atoms with Gasteiger partial charge >= 0.3 is 0 Å². The Morgan fingerprint density at radius 2 is 0.859 bits per heavy atom. The smallest absolute Gasteiger partial charge is 0.238 e. The van der Waals surface area contributed by atoms with Gasteiger partial charge in [-0.2, -0.15) is 9.97 Å². The third-order valence-electron chi connectivity index (χ3n) is 18.6. The zero-order valence-corrected chi connectivity index (χ0v) is 47.1. The number of hydrogen-bond acceptors (Lipinski definition) is 6. The van der Waals surface area contributed by atoms with Gasteiger partial charge in [0, 0.05) is 54.3 Å². The first-order valence-corrected chi connectivity index (χ1v) is 29.1. The third-order valence-corrected chi connectivity index (χ3v) is 18.6. The van der Waals surface area contributed by atoms with Gasteiger partial charge in [-0.3, -0.25) is 9.13 Å². The summed E-state index contributed by atoms with van der Waals surface area (Å²) in [6, 6.07) is 84.5. The standard InChI is InChI=1S/C77H51N7O/c1-76(2)59-30-12-8-24-48(59)55-40-58-50-26-10-16-34-66(50)84(68(58)43-61(55)76)75-81-72(80-73(82-75)53-29-19-28-52-51-27-11-17-35-69(51)85-71(52)53)47-23-18-22-45(38-47)46-36-37-60-54(39-46)56-41-57-49-25-9-15-33-65(49)83(67(57)42-62(56)77(60,3)4)74-70(44-20-6-5-7-21-44)78-63-31-13-14-32-64(63)79-74/h5-43H,1-4H3. The van der Waals surface area contributed by atoms with Crippen LogP contribution in [-0.4, -0.2) is 34.1 Å². The predicted octanol–water partition coefficient (Wildman–Crippen LogP) is 19.2. The number of fused-ring (bicyclic) bond motifs is 16. The predicted molar refractivity (Wildman–Crippen MR) is 346 cm³/mol. The molecule has 0 bridgehead atoms. The second-order valence-corrected chi connectivity index (χ2v) is 24.0. The third kappa shape index (κ3) is 6.82. The van der Waals surface area contributed by atoms with E-state index in [2.05, 4.69) is 237 Å². The summed E-state index contributed by atoms with van der Waals surface area (Å²) in [4.78, 5) is 27.2. The lowest BCUT2D eigenvalue weighted by molar-refractivity contribution is 0.661. The van der Waals surface area contributed by atoms with Gasteiger partial charge < -0.3 is 4.42 Å². The number of furan rings is 1. The van der Waals surface area contributed by atoms with Crippen molar-refractivity contribution in [2.24, 2.45) is 0 Å². The Bertz CT molecular complexity index is 5570. The van der Waals surface area contributed by atoms with Gasteiger partial charge in [0.2, 0.25) is 5.95 Å². The van der Waals surface area contributed by atoms with Crippen LogP contribution in [0, 0.1) is 0 Å². The molecule has 5 aromatic heterocycles. The van der Waals surface area contributed by atoms with Crippen LogP contribution in [0.1, 0.15) is 49.9 Å². The van der Waals surface area contributed by atoms with Gasteiger partial charge in [0.15, 0.2) is 17.5 Å². The Balaban J connectivity index is 0.810. The molecular weight excluding hydrogens is 1040 g/mol. The highest BCUT2D eigenvalue weighted by Crippen LogP contribution is 2.54. The quantitative estimate of drug-likeness (QED) is 0.165. The number of hydrogen-bond donors (Lipinski definition) is 0. The molecule has 0 fully saturated rings. The van der Waals surface area contributed by atoms with Crippen molar-refractivity contribution in [3.05, 3.63) is 259 Å². The molecule has 0 unspecified atom stereocenters. The number of nitrogens with zero attached hydrogens (tertiary/aromatic N) is 7. The van der Waals surface area contributed by atoms with E-state index in [4.69, 9.17) is 29.3 Å². The molecule has 0 amide bonds. The van der Waals surface area contributed by atoms with Crippen LogP contribution in [0.3, 0.4) is 0 Å². The number of para-hydroxylation sites is 6. The van der Waals surface area contributed by atoms with E-state index in [1.54, 1.807) is 0 Å². The average Bonchev–Trinajstić information content (AvgIpc) is 1.78. The molecule has 18 rings (SSSR count). The van der Waals surface area contributed by atoms with E-state index in [1.807, 2.05) is 36.4 Å². The average molecular weight is 1090 g/mol. The van der Waals surface area contributed by atoms with Crippen LogP contribution in [0.25, 0.3) is 156 Å². The maximum Gasteiger partial charge on any atom is 0.238 e. The van der Waals surface area contributed by atoms with Crippen molar-refractivity contribution in [2.75, 3.05) is 0 Å². The lowest BCUT2D eigenvalue weighted by Crippen LogP contribution is -2.15. The molecule has 0 saturated heterocycles. The highest BCUT2D eigenvalue weighted by atomic mass is 16.3. The molecule has 400 valence electrons. The van der Waals surface area contributed by atoms with E-state index < -0.39 is 0 Å². The monoisotopic (exact) mass is 1090 g/mol. The number of rotatable bonds is 6.